The maximum atomic E-state index is 5.70. The number of ether oxygens (including phenoxy) is 1. The third-order valence-corrected chi connectivity index (χ3v) is 3.72. The van der Waals surface area contributed by atoms with E-state index in [1.165, 1.54) is 18.4 Å². The van der Waals surface area contributed by atoms with Crippen LogP contribution in [-0.2, 0) is 4.74 Å². The van der Waals surface area contributed by atoms with E-state index in [2.05, 4.69) is 31.0 Å². The molecule has 0 heterocycles. The second-order valence-electron chi connectivity index (χ2n) is 5.34. The summed E-state index contributed by atoms with van der Waals surface area (Å²) in [5, 5.41) is 0. The highest BCUT2D eigenvalue weighted by Gasteiger charge is 2.21. The van der Waals surface area contributed by atoms with Gasteiger partial charge in [0.2, 0.25) is 0 Å². The Morgan fingerprint density at radius 2 is 2.00 bits per heavy atom. The average molecular weight is 248 g/mol. The lowest BCUT2D eigenvalue weighted by Gasteiger charge is -2.25. The topological polar surface area (TPSA) is 38.5 Å². The molecular weight excluding hydrogens is 224 g/mol. The van der Waals surface area contributed by atoms with Crippen LogP contribution in [0.5, 0.6) is 0 Å². The molecule has 1 fully saturated rings. The molecule has 1 aromatic rings. The minimum atomic E-state index is 0.398. The molecule has 1 aromatic carbocycles. The molecule has 1 unspecified atom stereocenters. The third-order valence-electron chi connectivity index (χ3n) is 3.72. The van der Waals surface area contributed by atoms with Crippen molar-refractivity contribution in [2.24, 2.45) is 5.92 Å². The molecule has 18 heavy (non-hydrogen) atoms. The van der Waals surface area contributed by atoms with Gasteiger partial charge in [-0.1, -0.05) is 12.1 Å². The van der Waals surface area contributed by atoms with Gasteiger partial charge >= 0.3 is 0 Å². The maximum absolute atomic E-state index is 5.70. The molecule has 0 radical (unpaired) electrons. The summed E-state index contributed by atoms with van der Waals surface area (Å²) in [6.45, 7) is 4.96. The van der Waals surface area contributed by atoms with Gasteiger partial charge in [0.05, 0.1) is 6.61 Å². The standard InChI is InChI=1S/C15H24N2O/c1-12(14-5-7-15(16)8-6-14)17(2)9-10-18-11-13-3-4-13/h5-8,12-13H,3-4,9-11,16H2,1-2H3. The van der Waals surface area contributed by atoms with Gasteiger partial charge in [-0.3, -0.25) is 4.90 Å². The van der Waals surface area contributed by atoms with E-state index >= 15 is 0 Å². The molecule has 0 amide bonds. The van der Waals surface area contributed by atoms with Crippen LogP contribution in [0.25, 0.3) is 0 Å². The van der Waals surface area contributed by atoms with Crippen LogP contribution in [-0.4, -0.2) is 31.7 Å². The smallest absolute Gasteiger partial charge is 0.0593 e. The first kappa shape index (κ1) is 13.4. The van der Waals surface area contributed by atoms with E-state index in [9.17, 15) is 0 Å². The number of benzene rings is 1. The molecule has 0 aromatic heterocycles. The van der Waals surface area contributed by atoms with Crippen LogP contribution in [0.4, 0.5) is 5.69 Å². The first-order valence-electron chi connectivity index (χ1n) is 6.80. The molecule has 100 valence electrons. The molecule has 1 aliphatic carbocycles. The fourth-order valence-electron chi connectivity index (χ4n) is 1.97. The van der Waals surface area contributed by atoms with Gasteiger partial charge in [-0.05, 0) is 50.4 Å². The highest BCUT2D eigenvalue weighted by molar-refractivity contribution is 5.39. The van der Waals surface area contributed by atoms with Crippen LogP contribution in [0.3, 0.4) is 0 Å². The van der Waals surface area contributed by atoms with E-state index in [1.54, 1.807) is 0 Å². The Kier molecular flexibility index (Phi) is 4.61. The number of nitrogens with zero attached hydrogens (tertiary/aromatic N) is 1. The van der Waals surface area contributed by atoms with Gasteiger partial charge < -0.3 is 10.5 Å². The lowest BCUT2D eigenvalue weighted by Crippen LogP contribution is -2.26. The van der Waals surface area contributed by atoms with Crippen LogP contribution in [0, 0.1) is 5.92 Å². The first-order chi connectivity index (χ1) is 8.66. The lowest BCUT2D eigenvalue weighted by atomic mass is 10.1. The summed E-state index contributed by atoms with van der Waals surface area (Å²) in [4.78, 5) is 2.32. The quantitative estimate of drug-likeness (QED) is 0.595. The van der Waals surface area contributed by atoms with E-state index in [4.69, 9.17) is 10.5 Å². The van der Waals surface area contributed by atoms with E-state index < -0.39 is 0 Å². The Bertz CT molecular complexity index is 359. The lowest BCUT2D eigenvalue weighted by molar-refractivity contribution is 0.0936. The van der Waals surface area contributed by atoms with Crippen molar-refractivity contribution in [3.8, 4) is 0 Å². The largest absolute Gasteiger partial charge is 0.399 e. The van der Waals surface area contributed by atoms with Crippen molar-refractivity contribution < 1.29 is 4.74 Å². The molecule has 0 saturated heterocycles. The summed E-state index contributed by atoms with van der Waals surface area (Å²) in [7, 11) is 2.14. The van der Waals surface area contributed by atoms with E-state index in [-0.39, 0.29) is 0 Å². The molecule has 0 spiro atoms. The maximum Gasteiger partial charge on any atom is 0.0593 e. The Morgan fingerprint density at radius 1 is 1.33 bits per heavy atom. The van der Waals surface area contributed by atoms with Crippen LogP contribution in [0.15, 0.2) is 24.3 Å². The Hall–Kier alpha value is -1.06. The number of hydrogen-bond donors (Lipinski definition) is 1. The van der Waals surface area contributed by atoms with Crippen LogP contribution in [0.2, 0.25) is 0 Å². The predicted octanol–water partition coefficient (Wildman–Crippen LogP) is 2.69. The van der Waals surface area contributed by atoms with Gasteiger partial charge in [-0.2, -0.15) is 0 Å². The van der Waals surface area contributed by atoms with Crippen molar-refractivity contribution in [1.29, 1.82) is 0 Å². The van der Waals surface area contributed by atoms with Gasteiger partial charge in [-0.25, -0.2) is 0 Å². The monoisotopic (exact) mass is 248 g/mol. The number of hydrogen-bond acceptors (Lipinski definition) is 3. The number of nitrogen functional groups attached to an aromatic ring is 1. The van der Waals surface area contributed by atoms with Gasteiger partial charge in [0.25, 0.3) is 0 Å². The predicted molar refractivity (Wildman–Crippen MR) is 75.4 cm³/mol. The minimum Gasteiger partial charge on any atom is -0.399 e. The number of rotatable bonds is 7. The molecule has 1 atom stereocenters. The van der Waals surface area contributed by atoms with E-state index in [0.717, 1.165) is 31.4 Å². The highest BCUT2D eigenvalue weighted by Crippen LogP contribution is 2.28. The summed E-state index contributed by atoms with van der Waals surface area (Å²) in [5.41, 5.74) is 7.82. The van der Waals surface area contributed by atoms with Crippen molar-refractivity contribution in [2.45, 2.75) is 25.8 Å². The molecule has 2 rings (SSSR count). The van der Waals surface area contributed by atoms with E-state index in [0.29, 0.717) is 6.04 Å². The van der Waals surface area contributed by atoms with Gasteiger partial charge in [0, 0.05) is 24.9 Å². The highest BCUT2D eigenvalue weighted by atomic mass is 16.5. The molecule has 3 nitrogen and oxygen atoms in total. The molecule has 0 aliphatic heterocycles. The van der Waals surface area contributed by atoms with Crippen molar-refractivity contribution in [3.05, 3.63) is 29.8 Å². The molecule has 1 aliphatic rings. The molecular formula is C15H24N2O. The Labute approximate surface area is 110 Å². The van der Waals surface area contributed by atoms with Crippen molar-refractivity contribution in [2.75, 3.05) is 32.5 Å². The Balaban J connectivity index is 1.72. The van der Waals surface area contributed by atoms with Crippen LogP contribution < -0.4 is 5.73 Å². The van der Waals surface area contributed by atoms with Crippen LogP contribution in [0.1, 0.15) is 31.4 Å². The van der Waals surface area contributed by atoms with Crippen LogP contribution >= 0.6 is 0 Å². The summed E-state index contributed by atoms with van der Waals surface area (Å²) in [6, 6.07) is 8.52. The van der Waals surface area contributed by atoms with Gasteiger partial charge in [0.15, 0.2) is 0 Å². The fourth-order valence-corrected chi connectivity index (χ4v) is 1.97. The summed E-state index contributed by atoms with van der Waals surface area (Å²) >= 11 is 0. The fraction of sp³-hybridized carbons (Fsp3) is 0.600. The molecule has 1 saturated carbocycles. The summed E-state index contributed by atoms with van der Waals surface area (Å²) in [6.07, 6.45) is 2.72. The minimum absolute atomic E-state index is 0.398. The zero-order chi connectivity index (χ0) is 13.0. The molecule has 0 bridgehead atoms. The van der Waals surface area contributed by atoms with Gasteiger partial charge in [-0.15, -0.1) is 0 Å². The van der Waals surface area contributed by atoms with Crippen molar-refractivity contribution in [3.63, 3.8) is 0 Å². The van der Waals surface area contributed by atoms with E-state index in [1.807, 2.05) is 12.1 Å². The second-order valence-corrected chi connectivity index (χ2v) is 5.34. The van der Waals surface area contributed by atoms with Crippen molar-refractivity contribution >= 4 is 5.69 Å². The zero-order valence-corrected chi connectivity index (χ0v) is 11.4. The average Bonchev–Trinajstić information content (AvgIpc) is 3.18. The zero-order valence-electron chi connectivity index (χ0n) is 11.4. The number of nitrogens with two attached hydrogens (primary N) is 1. The normalized spacial score (nSPS) is 17.1. The summed E-state index contributed by atoms with van der Waals surface area (Å²) in [5.74, 6) is 0.852. The van der Waals surface area contributed by atoms with Crippen molar-refractivity contribution in [1.82, 2.24) is 4.90 Å². The van der Waals surface area contributed by atoms with Gasteiger partial charge in [0.1, 0.15) is 0 Å². The number of anilines is 1. The molecule has 2 N–H and O–H groups in total. The molecule has 3 heteroatoms. The third kappa shape index (κ3) is 4.00. The Morgan fingerprint density at radius 3 is 2.61 bits per heavy atom. The second kappa shape index (κ2) is 6.21. The number of likely N-dealkylation sites (N-methyl/N-ethyl adjacent to an activating group) is 1. The first-order valence-corrected chi connectivity index (χ1v) is 6.80. The summed E-state index contributed by atoms with van der Waals surface area (Å²) < 4.78 is 5.67. The SMILES string of the molecule is CC(c1ccc(N)cc1)N(C)CCOCC1CC1.